The maximum Gasteiger partial charge on any atom is 0.254 e. The summed E-state index contributed by atoms with van der Waals surface area (Å²) in [6.45, 7) is 11.9. The van der Waals surface area contributed by atoms with E-state index < -0.39 is 0 Å². The average molecular weight is 418 g/mol. The third-order valence-corrected chi connectivity index (χ3v) is 4.48. The molecule has 0 bridgehead atoms. The maximum absolute atomic E-state index is 12.9. The standard InChI is InChI=1S/C22H31N3O5/c1-8-25(12-20(26)23-22(4,5)6)21(27)16-9-10-18(19(11-16)28-7)29-13-17-14(2)24-30-15(17)3/h9-11H,8,12-13H2,1-7H3,(H,23,26). The van der Waals surface area contributed by atoms with E-state index in [-0.39, 0.29) is 30.5 Å². The van der Waals surface area contributed by atoms with Crippen LogP contribution in [0, 0.1) is 13.8 Å². The Hall–Kier alpha value is -3.03. The van der Waals surface area contributed by atoms with Crippen LogP contribution in [0.4, 0.5) is 0 Å². The summed E-state index contributed by atoms with van der Waals surface area (Å²) in [4.78, 5) is 26.6. The van der Waals surface area contributed by atoms with Crippen molar-refractivity contribution in [2.75, 3.05) is 20.2 Å². The molecule has 2 rings (SSSR count). The van der Waals surface area contributed by atoms with Crippen LogP contribution in [-0.4, -0.2) is 47.6 Å². The van der Waals surface area contributed by atoms with E-state index >= 15 is 0 Å². The van der Waals surface area contributed by atoms with Gasteiger partial charge in [-0.2, -0.15) is 0 Å². The molecule has 1 aromatic heterocycles. The minimum absolute atomic E-state index is 0.0147. The first-order valence-corrected chi connectivity index (χ1v) is 9.88. The predicted octanol–water partition coefficient (Wildman–Crippen LogP) is 3.26. The second-order valence-electron chi connectivity index (χ2n) is 8.07. The zero-order valence-corrected chi connectivity index (χ0v) is 18.8. The number of ether oxygens (including phenoxy) is 2. The Morgan fingerprint density at radius 1 is 1.20 bits per heavy atom. The van der Waals surface area contributed by atoms with Crippen LogP contribution >= 0.6 is 0 Å². The van der Waals surface area contributed by atoms with E-state index in [1.165, 1.54) is 12.0 Å². The largest absolute Gasteiger partial charge is 0.493 e. The van der Waals surface area contributed by atoms with Crippen molar-refractivity contribution in [2.24, 2.45) is 0 Å². The summed E-state index contributed by atoms with van der Waals surface area (Å²) in [5, 5.41) is 6.78. The van der Waals surface area contributed by atoms with E-state index in [2.05, 4.69) is 10.5 Å². The normalized spacial score (nSPS) is 11.2. The van der Waals surface area contributed by atoms with Gasteiger partial charge in [-0.05, 0) is 59.7 Å². The highest BCUT2D eigenvalue weighted by Gasteiger charge is 2.22. The van der Waals surface area contributed by atoms with Crippen LogP contribution in [0.2, 0.25) is 0 Å². The van der Waals surface area contributed by atoms with Crippen molar-refractivity contribution in [3.8, 4) is 11.5 Å². The number of aryl methyl sites for hydroxylation is 2. The maximum atomic E-state index is 12.9. The van der Waals surface area contributed by atoms with E-state index in [9.17, 15) is 9.59 Å². The van der Waals surface area contributed by atoms with Gasteiger partial charge in [0.25, 0.3) is 5.91 Å². The first-order chi connectivity index (χ1) is 14.1. The summed E-state index contributed by atoms with van der Waals surface area (Å²) >= 11 is 0. The molecule has 30 heavy (non-hydrogen) atoms. The third-order valence-electron chi connectivity index (χ3n) is 4.48. The number of benzene rings is 1. The van der Waals surface area contributed by atoms with Crippen LogP contribution in [0.25, 0.3) is 0 Å². The molecule has 0 atom stereocenters. The van der Waals surface area contributed by atoms with Gasteiger partial charge in [0.2, 0.25) is 5.91 Å². The summed E-state index contributed by atoms with van der Waals surface area (Å²) < 4.78 is 16.4. The number of amides is 2. The molecule has 0 unspecified atom stereocenters. The number of rotatable bonds is 8. The summed E-state index contributed by atoms with van der Waals surface area (Å²) in [6, 6.07) is 4.97. The van der Waals surface area contributed by atoms with Gasteiger partial charge in [-0.3, -0.25) is 9.59 Å². The molecule has 8 heteroatoms. The molecular formula is C22H31N3O5. The minimum Gasteiger partial charge on any atom is -0.493 e. The first-order valence-electron chi connectivity index (χ1n) is 9.88. The highest BCUT2D eigenvalue weighted by molar-refractivity contribution is 5.97. The molecule has 8 nitrogen and oxygen atoms in total. The Labute approximate surface area is 177 Å². The van der Waals surface area contributed by atoms with Crippen molar-refractivity contribution in [1.82, 2.24) is 15.4 Å². The molecule has 0 aliphatic carbocycles. The van der Waals surface area contributed by atoms with Crippen LogP contribution in [0.1, 0.15) is 55.1 Å². The Balaban J connectivity index is 2.13. The number of hydrogen-bond donors (Lipinski definition) is 1. The van der Waals surface area contributed by atoms with Crippen molar-refractivity contribution in [1.29, 1.82) is 0 Å². The Bertz CT molecular complexity index is 879. The van der Waals surface area contributed by atoms with Gasteiger partial charge in [-0.25, -0.2) is 0 Å². The fourth-order valence-corrected chi connectivity index (χ4v) is 2.92. The molecule has 2 amide bonds. The van der Waals surface area contributed by atoms with Crippen molar-refractivity contribution < 1.29 is 23.6 Å². The van der Waals surface area contributed by atoms with Crippen molar-refractivity contribution in [3.05, 3.63) is 40.8 Å². The molecule has 0 aliphatic rings. The van der Waals surface area contributed by atoms with Crippen LogP contribution in [-0.2, 0) is 11.4 Å². The molecule has 1 aromatic carbocycles. The lowest BCUT2D eigenvalue weighted by molar-refractivity contribution is -0.123. The molecule has 0 saturated heterocycles. The smallest absolute Gasteiger partial charge is 0.254 e. The third kappa shape index (κ3) is 5.98. The number of carbonyl (C=O) groups excluding carboxylic acids is 2. The summed E-state index contributed by atoms with van der Waals surface area (Å²) in [6.07, 6.45) is 0. The molecule has 0 aliphatic heterocycles. The van der Waals surface area contributed by atoms with E-state index in [1.54, 1.807) is 18.2 Å². The van der Waals surface area contributed by atoms with Gasteiger partial charge in [0.05, 0.1) is 24.9 Å². The monoisotopic (exact) mass is 417 g/mol. The quantitative estimate of drug-likeness (QED) is 0.709. The van der Waals surface area contributed by atoms with E-state index in [1.807, 2.05) is 41.5 Å². The number of likely N-dealkylation sites (N-methyl/N-ethyl adjacent to an activating group) is 1. The molecule has 164 valence electrons. The fraction of sp³-hybridized carbons (Fsp3) is 0.500. The second-order valence-corrected chi connectivity index (χ2v) is 8.07. The lowest BCUT2D eigenvalue weighted by Gasteiger charge is -2.25. The van der Waals surface area contributed by atoms with Gasteiger partial charge in [0, 0.05) is 17.6 Å². The topological polar surface area (TPSA) is 93.9 Å². The van der Waals surface area contributed by atoms with E-state index in [0.29, 0.717) is 29.4 Å². The number of aromatic nitrogens is 1. The summed E-state index contributed by atoms with van der Waals surface area (Å²) in [5.74, 6) is 1.18. The number of nitrogens with one attached hydrogen (secondary N) is 1. The molecular weight excluding hydrogens is 386 g/mol. The van der Waals surface area contributed by atoms with Crippen molar-refractivity contribution in [3.63, 3.8) is 0 Å². The van der Waals surface area contributed by atoms with Gasteiger partial charge in [-0.1, -0.05) is 5.16 Å². The second kappa shape index (κ2) is 9.65. The Morgan fingerprint density at radius 3 is 2.43 bits per heavy atom. The summed E-state index contributed by atoms with van der Waals surface area (Å²) in [7, 11) is 1.51. The molecule has 0 fully saturated rings. The minimum atomic E-state index is -0.358. The SMILES string of the molecule is CCN(CC(=O)NC(C)(C)C)C(=O)c1ccc(OCc2c(C)noc2C)c(OC)c1. The van der Waals surface area contributed by atoms with Crippen LogP contribution < -0.4 is 14.8 Å². The molecule has 0 spiro atoms. The number of methoxy groups -OCH3 is 1. The van der Waals surface area contributed by atoms with Crippen LogP contribution in [0.15, 0.2) is 22.7 Å². The average Bonchev–Trinajstić information content (AvgIpc) is 3.00. The number of nitrogens with zero attached hydrogens (tertiary/aromatic N) is 2. The lowest BCUT2D eigenvalue weighted by atomic mass is 10.1. The molecule has 1 N–H and O–H groups in total. The van der Waals surface area contributed by atoms with Crippen molar-refractivity contribution in [2.45, 2.75) is 53.7 Å². The molecule has 0 radical (unpaired) electrons. The van der Waals surface area contributed by atoms with Gasteiger partial charge in [0.15, 0.2) is 11.5 Å². The highest BCUT2D eigenvalue weighted by Crippen LogP contribution is 2.30. The zero-order valence-electron chi connectivity index (χ0n) is 18.8. The number of hydrogen-bond acceptors (Lipinski definition) is 6. The summed E-state index contributed by atoms with van der Waals surface area (Å²) in [5.41, 5.74) is 1.70. The molecule has 1 heterocycles. The zero-order chi connectivity index (χ0) is 22.5. The Morgan fingerprint density at radius 2 is 1.90 bits per heavy atom. The van der Waals surface area contributed by atoms with Gasteiger partial charge in [0.1, 0.15) is 12.4 Å². The van der Waals surface area contributed by atoms with Gasteiger partial charge in [-0.15, -0.1) is 0 Å². The van der Waals surface area contributed by atoms with Crippen LogP contribution in [0.5, 0.6) is 11.5 Å². The predicted molar refractivity (Wildman–Crippen MR) is 113 cm³/mol. The Kier molecular flexibility index (Phi) is 7.48. The van der Waals surface area contributed by atoms with Gasteiger partial charge < -0.3 is 24.2 Å². The van der Waals surface area contributed by atoms with E-state index in [4.69, 9.17) is 14.0 Å². The van der Waals surface area contributed by atoms with Crippen LogP contribution in [0.3, 0.4) is 0 Å². The number of carbonyl (C=O) groups is 2. The van der Waals surface area contributed by atoms with E-state index in [0.717, 1.165) is 11.3 Å². The molecule has 2 aromatic rings. The van der Waals surface area contributed by atoms with Crippen molar-refractivity contribution >= 4 is 11.8 Å². The lowest BCUT2D eigenvalue weighted by Crippen LogP contribution is -2.47. The molecule has 0 saturated carbocycles. The first kappa shape index (κ1) is 23.3. The highest BCUT2D eigenvalue weighted by atomic mass is 16.5. The van der Waals surface area contributed by atoms with Gasteiger partial charge >= 0.3 is 0 Å². The fourth-order valence-electron chi connectivity index (χ4n) is 2.92.